The normalized spacial score (nSPS) is 13.3. The highest BCUT2D eigenvalue weighted by Gasteiger charge is 2.22. The first kappa shape index (κ1) is 24.5. The number of carbonyl (C=O) groups excluding carboxylic acids is 3. The fourth-order valence-corrected chi connectivity index (χ4v) is 4.06. The Bertz CT molecular complexity index is 1260. The lowest BCUT2D eigenvalue weighted by molar-refractivity contribution is -0.119. The number of benzene rings is 2. The maximum atomic E-state index is 13.1. The first-order chi connectivity index (χ1) is 16.9. The van der Waals surface area contributed by atoms with E-state index in [1.807, 2.05) is 0 Å². The second kappa shape index (κ2) is 10.8. The van der Waals surface area contributed by atoms with Crippen molar-refractivity contribution in [3.63, 3.8) is 0 Å². The molecule has 2 heterocycles. The number of hydrogen-bond donors (Lipinski definition) is 2. The van der Waals surface area contributed by atoms with E-state index in [-0.39, 0.29) is 33.7 Å². The van der Waals surface area contributed by atoms with Gasteiger partial charge in [-0.15, -0.1) is 0 Å². The Kier molecular flexibility index (Phi) is 7.53. The summed E-state index contributed by atoms with van der Waals surface area (Å²) >= 11 is 12.0. The predicted molar refractivity (Wildman–Crippen MR) is 136 cm³/mol. The van der Waals surface area contributed by atoms with Crippen LogP contribution in [0.3, 0.4) is 0 Å². The fourth-order valence-electron chi connectivity index (χ4n) is 3.74. The van der Waals surface area contributed by atoms with Crippen LogP contribution in [0.5, 0.6) is 5.75 Å². The van der Waals surface area contributed by atoms with Crippen molar-refractivity contribution in [2.45, 2.75) is 19.3 Å². The van der Waals surface area contributed by atoms with Gasteiger partial charge in [-0.1, -0.05) is 23.2 Å². The van der Waals surface area contributed by atoms with Crippen molar-refractivity contribution in [1.82, 2.24) is 4.98 Å². The third-order valence-electron chi connectivity index (χ3n) is 5.50. The molecule has 0 atom stereocenters. The van der Waals surface area contributed by atoms with Gasteiger partial charge in [0, 0.05) is 41.5 Å². The van der Waals surface area contributed by atoms with Crippen LogP contribution in [0.25, 0.3) is 0 Å². The Hall–Kier alpha value is -3.62. The molecule has 2 aromatic carbocycles. The highest BCUT2D eigenvalue weighted by molar-refractivity contribution is 6.32. The molecule has 1 aliphatic rings. The molecule has 0 saturated carbocycles. The van der Waals surface area contributed by atoms with Crippen LogP contribution in [0, 0.1) is 0 Å². The molecule has 2 N–H and O–H groups in total. The first-order valence-corrected chi connectivity index (χ1v) is 11.6. The van der Waals surface area contributed by atoms with Crippen LogP contribution in [0.4, 0.5) is 17.2 Å². The van der Waals surface area contributed by atoms with E-state index in [2.05, 4.69) is 15.6 Å². The van der Waals surface area contributed by atoms with Crippen LogP contribution >= 0.6 is 23.2 Å². The number of aromatic nitrogens is 1. The molecule has 8 nitrogen and oxygen atoms in total. The summed E-state index contributed by atoms with van der Waals surface area (Å²) in [5.41, 5.74) is 1.34. The second-order valence-electron chi connectivity index (χ2n) is 7.85. The van der Waals surface area contributed by atoms with Gasteiger partial charge >= 0.3 is 0 Å². The minimum Gasteiger partial charge on any atom is -0.494 e. The smallest absolute Gasteiger partial charge is 0.259 e. The molecule has 35 heavy (non-hydrogen) atoms. The van der Waals surface area contributed by atoms with Crippen LogP contribution in [0.15, 0.2) is 54.7 Å². The number of nitrogens with zero attached hydrogens (tertiary/aromatic N) is 2. The zero-order valence-corrected chi connectivity index (χ0v) is 20.3. The van der Waals surface area contributed by atoms with Crippen LogP contribution in [-0.4, -0.2) is 36.4 Å². The van der Waals surface area contributed by atoms with E-state index in [1.165, 1.54) is 25.4 Å². The average Bonchev–Trinajstić information content (AvgIpc) is 2.86. The van der Waals surface area contributed by atoms with Crippen molar-refractivity contribution in [1.29, 1.82) is 0 Å². The molecule has 0 unspecified atom stereocenters. The summed E-state index contributed by atoms with van der Waals surface area (Å²) in [6, 6.07) is 12.8. The molecule has 0 radical (unpaired) electrons. The molecule has 3 aromatic rings. The molecular weight excluding hydrogens is 491 g/mol. The summed E-state index contributed by atoms with van der Waals surface area (Å²) in [7, 11) is 1.41. The molecule has 10 heteroatoms. The summed E-state index contributed by atoms with van der Waals surface area (Å²) in [4.78, 5) is 44.0. The number of carbonyl (C=O) groups is 3. The Morgan fingerprint density at radius 1 is 0.971 bits per heavy atom. The molecule has 0 aliphatic carbocycles. The SMILES string of the molecule is COc1cc(Cl)cc(C(=O)Nc2ccc(Cl)cn2)c1NC(=O)c1ccc(N2CCCCC2=O)cc1. The number of amides is 3. The highest BCUT2D eigenvalue weighted by Crippen LogP contribution is 2.33. The average molecular weight is 513 g/mol. The monoisotopic (exact) mass is 512 g/mol. The number of piperidine rings is 1. The third-order valence-corrected chi connectivity index (χ3v) is 5.95. The van der Waals surface area contributed by atoms with Crippen molar-refractivity contribution >= 4 is 58.1 Å². The number of nitrogens with one attached hydrogen (secondary N) is 2. The maximum absolute atomic E-state index is 13.1. The lowest BCUT2D eigenvalue weighted by Crippen LogP contribution is -2.35. The van der Waals surface area contributed by atoms with Gasteiger partial charge in [0.2, 0.25) is 5.91 Å². The van der Waals surface area contributed by atoms with Crippen LogP contribution in [0.1, 0.15) is 40.0 Å². The van der Waals surface area contributed by atoms with Gasteiger partial charge < -0.3 is 20.3 Å². The van der Waals surface area contributed by atoms with E-state index in [9.17, 15) is 14.4 Å². The lowest BCUT2D eigenvalue weighted by Gasteiger charge is -2.26. The number of rotatable bonds is 6. The summed E-state index contributed by atoms with van der Waals surface area (Å²) in [6.45, 7) is 0.660. The van der Waals surface area contributed by atoms with Crippen LogP contribution < -0.4 is 20.3 Å². The topological polar surface area (TPSA) is 101 Å². The first-order valence-electron chi connectivity index (χ1n) is 10.9. The minimum atomic E-state index is -0.546. The molecule has 1 fully saturated rings. The number of anilines is 3. The molecule has 1 saturated heterocycles. The zero-order valence-electron chi connectivity index (χ0n) is 18.8. The maximum Gasteiger partial charge on any atom is 0.259 e. The summed E-state index contributed by atoms with van der Waals surface area (Å²) in [6.07, 6.45) is 3.76. The van der Waals surface area contributed by atoms with Crippen molar-refractivity contribution in [2.24, 2.45) is 0 Å². The number of pyridine rings is 1. The van der Waals surface area contributed by atoms with Gasteiger partial charge in [0.1, 0.15) is 11.6 Å². The number of methoxy groups -OCH3 is 1. The zero-order chi connectivity index (χ0) is 24.9. The largest absolute Gasteiger partial charge is 0.494 e. The highest BCUT2D eigenvalue weighted by atomic mass is 35.5. The molecule has 0 spiro atoms. The summed E-state index contributed by atoms with van der Waals surface area (Å²) in [5.74, 6) is -0.435. The van der Waals surface area contributed by atoms with Gasteiger partial charge in [-0.3, -0.25) is 14.4 Å². The van der Waals surface area contributed by atoms with Gasteiger partial charge in [-0.2, -0.15) is 0 Å². The quantitative estimate of drug-likeness (QED) is 0.459. The van der Waals surface area contributed by atoms with Gasteiger partial charge in [0.15, 0.2) is 0 Å². The summed E-state index contributed by atoms with van der Waals surface area (Å²) < 4.78 is 5.37. The van der Waals surface area contributed by atoms with E-state index >= 15 is 0 Å². The van der Waals surface area contributed by atoms with Gasteiger partial charge in [-0.25, -0.2) is 4.98 Å². The fraction of sp³-hybridized carbons (Fsp3) is 0.200. The number of hydrogen-bond acceptors (Lipinski definition) is 5. The van der Waals surface area contributed by atoms with E-state index in [0.29, 0.717) is 23.6 Å². The van der Waals surface area contributed by atoms with E-state index in [0.717, 1.165) is 18.5 Å². The Morgan fingerprint density at radius 2 is 1.74 bits per heavy atom. The third kappa shape index (κ3) is 5.72. The van der Waals surface area contributed by atoms with E-state index in [4.69, 9.17) is 27.9 Å². The number of halogens is 2. The molecular formula is C25H22Cl2N4O4. The standard InChI is InChI=1S/C25H22Cl2N4O4/c1-35-20-13-17(27)12-19(25(34)29-21-10-7-16(26)14-28-21)23(20)30-24(33)15-5-8-18(9-6-15)31-11-3-2-4-22(31)32/h5-10,12-14H,2-4,11H2,1H3,(H,30,33)(H,28,29,34). The van der Waals surface area contributed by atoms with Crippen LogP contribution in [-0.2, 0) is 4.79 Å². The lowest BCUT2D eigenvalue weighted by atomic mass is 10.1. The second-order valence-corrected chi connectivity index (χ2v) is 8.72. The molecule has 0 bridgehead atoms. The molecule has 1 aliphatic heterocycles. The number of ether oxygens (including phenoxy) is 1. The molecule has 1 aromatic heterocycles. The van der Waals surface area contributed by atoms with E-state index < -0.39 is 11.8 Å². The molecule has 180 valence electrons. The van der Waals surface area contributed by atoms with Crippen molar-refractivity contribution in [2.75, 3.05) is 29.2 Å². The van der Waals surface area contributed by atoms with Crippen LogP contribution in [0.2, 0.25) is 10.0 Å². The van der Waals surface area contributed by atoms with Gasteiger partial charge in [0.25, 0.3) is 11.8 Å². The minimum absolute atomic E-state index is 0.0742. The van der Waals surface area contributed by atoms with E-state index in [1.54, 1.807) is 41.3 Å². The predicted octanol–water partition coefficient (Wildman–Crippen LogP) is 5.42. The Labute approximate surface area is 212 Å². The Balaban J connectivity index is 1.58. The Morgan fingerprint density at radius 3 is 2.40 bits per heavy atom. The van der Waals surface area contributed by atoms with Crippen molar-refractivity contribution < 1.29 is 19.1 Å². The molecule has 4 rings (SSSR count). The van der Waals surface area contributed by atoms with Crippen molar-refractivity contribution in [3.8, 4) is 5.75 Å². The van der Waals surface area contributed by atoms with Gasteiger partial charge in [-0.05, 0) is 55.3 Å². The molecule has 3 amide bonds. The summed E-state index contributed by atoms with van der Waals surface area (Å²) in [5, 5.41) is 6.09. The van der Waals surface area contributed by atoms with Crippen molar-refractivity contribution in [3.05, 3.63) is 75.9 Å². The van der Waals surface area contributed by atoms with Gasteiger partial charge in [0.05, 0.1) is 23.4 Å².